The van der Waals surface area contributed by atoms with Crippen LogP contribution in [0.2, 0.25) is 0 Å². The van der Waals surface area contributed by atoms with Crippen LogP contribution >= 0.6 is 0 Å². The van der Waals surface area contributed by atoms with E-state index in [2.05, 4.69) is 0 Å². The lowest BCUT2D eigenvalue weighted by Gasteiger charge is -2.22. The van der Waals surface area contributed by atoms with Crippen LogP contribution in [0.5, 0.6) is 0 Å². The molecule has 1 aromatic rings. The fourth-order valence-corrected chi connectivity index (χ4v) is 4.81. The maximum atomic E-state index is 12.7. The van der Waals surface area contributed by atoms with Crippen molar-refractivity contribution in [1.29, 1.82) is 0 Å². The van der Waals surface area contributed by atoms with E-state index in [0.29, 0.717) is 24.4 Å². The Kier molecular flexibility index (Phi) is 3.50. The van der Waals surface area contributed by atoms with Gasteiger partial charge in [-0.1, -0.05) is 23.3 Å². The second kappa shape index (κ2) is 5.07. The van der Waals surface area contributed by atoms with Crippen molar-refractivity contribution in [3.05, 3.63) is 41.5 Å². The molecule has 1 heterocycles. The molecule has 2 unspecified atom stereocenters. The summed E-state index contributed by atoms with van der Waals surface area (Å²) in [6, 6.07) is 6.93. The maximum absolute atomic E-state index is 12.7. The zero-order chi connectivity index (χ0) is 15.2. The summed E-state index contributed by atoms with van der Waals surface area (Å²) in [6.45, 7) is 4.78. The Morgan fingerprint density at radius 2 is 1.76 bits per heavy atom. The number of fused-ring (bicyclic) bond motifs is 1. The fraction of sp³-hybridized carbons (Fsp3) is 0.438. The summed E-state index contributed by atoms with van der Waals surface area (Å²) in [6.07, 6.45) is 2.13. The van der Waals surface area contributed by atoms with Gasteiger partial charge in [-0.15, -0.1) is 0 Å². The second-order valence-electron chi connectivity index (χ2n) is 6.06. The van der Waals surface area contributed by atoms with Crippen molar-refractivity contribution in [2.45, 2.75) is 25.2 Å². The van der Waals surface area contributed by atoms with Crippen LogP contribution in [0.4, 0.5) is 0 Å². The van der Waals surface area contributed by atoms with Gasteiger partial charge in [-0.2, -0.15) is 4.31 Å². The Balaban J connectivity index is 1.88. The first-order valence-electron chi connectivity index (χ1n) is 7.16. The molecule has 3 rings (SSSR count). The quantitative estimate of drug-likeness (QED) is 0.841. The summed E-state index contributed by atoms with van der Waals surface area (Å²) in [5, 5.41) is 0. The maximum Gasteiger partial charge on any atom is 0.243 e. The number of carbonyl (C=O) groups is 1. The van der Waals surface area contributed by atoms with Gasteiger partial charge in [0.25, 0.3) is 0 Å². The SMILES string of the molecule is CC1=CC(=O)CC2CN(S(=O)(=O)c3ccc(C)cc3)CC12. The number of aryl methyl sites for hydroxylation is 1. The predicted molar refractivity (Wildman–Crippen MR) is 80.3 cm³/mol. The number of hydrogen-bond acceptors (Lipinski definition) is 3. The van der Waals surface area contributed by atoms with Gasteiger partial charge in [-0.05, 0) is 43.9 Å². The average Bonchev–Trinajstić information content (AvgIpc) is 2.84. The number of allylic oxidation sites excluding steroid dienone is 1. The molecule has 0 spiro atoms. The first-order chi connectivity index (χ1) is 9.88. The molecule has 1 aromatic carbocycles. The summed E-state index contributed by atoms with van der Waals surface area (Å²) in [5.41, 5.74) is 2.05. The van der Waals surface area contributed by atoms with Crippen LogP contribution in [-0.4, -0.2) is 31.6 Å². The van der Waals surface area contributed by atoms with Gasteiger partial charge in [0, 0.05) is 19.5 Å². The van der Waals surface area contributed by atoms with E-state index in [4.69, 9.17) is 0 Å². The van der Waals surface area contributed by atoms with Gasteiger partial charge in [0.2, 0.25) is 10.0 Å². The Labute approximate surface area is 125 Å². The summed E-state index contributed by atoms with van der Waals surface area (Å²) < 4.78 is 26.9. The van der Waals surface area contributed by atoms with Crippen LogP contribution in [0.25, 0.3) is 0 Å². The van der Waals surface area contributed by atoms with Crippen molar-refractivity contribution >= 4 is 15.8 Å². The highest BCUT2D eigenvalue weighted by molar-refractivity contribution is 7.89. The normalized spacial score (nSPS) is 26.6. The lowest BCUT2D eigenvalue weighted by Crippen LogP contribution is -2.29. The van der Waals surface area contributed by atoms with Crippen molar-refractivity contribution in [2.75, 3.05) is 13.1 Å². The Morgan fingerprint density at radius 1 is 1.10 bits per heavy atom. The number of sulfonamides is 1. The lowest BCUT2D eigenvalue weighted by molar-refractivity contribution is -0.116. The Morgan fingerprint density at radius 3 is 2.43 bits per heavy atom. The highest BCUT2D eigenvalue weighted by Gasteiger charge is 2.42. The molecule has 1 aliphatic carbocycles. The van der Waals surface area contributed by atoms with Gasteiger partial charge in [0.05, 0.1) is 4.90 Å². The first-order valence-corrected chi connectivity index (χ1v) is 8.60. The van der Waals surface area contributed by atoms with Crippen molar-refractivity contribution in [2.24, 2.45) is 11.8 Å². The number of rotatable bonds is 2. The van der Waals surface area contributed by atoms with E-state index in [1.54, 1.807) is 18.2 Å². The third kappa shape index (κ3) is 2.56. The third-order valence-corrected chi connectivity index (χ3v) is 6.35. The van der Waals surface area contributed by atoms with E-state index in [9.17, 15) is 13.2 Å². The van der Waals surface area contributed by atoms with E-state index >= 15 is 0 Å². The van der Waals surface area contributed by atoms with Crippen LogP contribution in [0.15, 0.2) is 40.8 Å². The molecule has 0 radical (unpaired) electrons. The Bertz CT molecular complexity index is 704. The molecule has 0 N–H and O–H groups in total. The smallest absolute Gasteiger partial charge is 0.243 e. The molecular formula is C16H19NO3S. The van der Waals surface area contributed by atoms with Crippen molar-refractivity contribution in [3.63, 3.8) is 0 Å². The van der Waals surface area contributed by atoms with Gasteiger partial charge in [0.15, 0.2) is 5.78 Å². The largest absolute Gasteiger partial charge is 0.295 e. The second-order valence-corrected chi connectivity index (χ2v) is 8.00. The van der Waals surface area contributed by atoms with E-state index in [1.807, 2.05) is 26.0 Å². The standard InChI is InChI=1S/C16H19NO3S/c1-11-3-5-15(6-4-11)21(19,20)17-9-13-8-14(18)7-12(2)16(13)10-17/h3-7,13,16H,8-10H2,1-2H3. The molecule has 0 bridgehead atoms. The van der Waals surface area contributed by atoms with Gasteiger partial charge < -0.3 is 0 Å². The van der Waals surface area contributed by atoms with E-state index < -0.39 is 10.0 Å². The zero-order valence-corrected chi connectivity index (χ0v) is 13.1. The summed E-state index contributed by atoms with van der Waals surface area (Å²) in [4.78, 5) is 12.0. The van der Waals surface area contributed by atoms with Crippen LogP contribution < -0.4 is 0 Å². The van der Waals surface area contributed by atoms with Crippen LogP contribution in [0.1, 0.15) is 18.9 Å². The number of nitrogens with zero attached hydrogens (tertiary/aromatic N) is 1. The molecule has 2 atom stereocenters. The van der Waals surface area contributed by atoms with Crippen molar-refractivity contribution in [3.8, 4) is 0 Å². The molecule has 5 heteroatoms. The van der Waals surface area contributed by atoms with Crippen LogP contribution in [0, 0.1) is 18.8 Å². The summed E-state index contributed by atoms with van der Waals surface area (Å²) in [7, 11) is -3.46. The van der Waals surface area contributed by atoms with E-state index in [1.165, 1.54) is 4.31 Å². The molecule has 0 aromatic heterocycles. The van der Waals surface area contributed by atoms with Gasteiger partial charge in [-0.3, -0.25) is 4.79 Å². The molecular weight excluding hydrogens is 286 g/mol. The predicted octanol–water partition coefficient (Wildman–Crippen LogP) is 2.15. The molecule has 1 saturated heterocycles. The first kappa shape index (κ1) is 14.5. The lowest BCUT2D eigenvalue weighted by atomic mass is 9.81. The van der Waals surface area contributed by atoms with Gasteiger partial charge in [0.1, 0.15) is 0 Å². The number of hydrogen-bond donors (Lipinski definition) is 0. The minimum atomic E-state index is -3.46. The topological polar surface area (TPSA) is 54.5 Å². The fourth-order valence-electron chi connectivity index (χ4n) is 3.29. The molecule has 2 aliphatic rings. The van der Waals surface area contributed by atoms with Gasteiger partial charge >= 0.3 is 0 Å². The molecule has 1 aliphatic heterocycles. The minimum Gasteiger partial charge on any atom is -0.295 e. The zero-order valence-electron chi connectivity index (χ0n) is 12.2. The Hall–Kier alpha value is -1.46. The molecule has 112 valence electrons. The number of benzene rings is 1. The minimum absolute atomic E-state index is 0.114. The van der Waals surface area contributed by atoms with Crippen LogP contribution in [0.3, 0.4) is 0 Å². The molecule has 0 saturated carbocycles. The number of carbonyl (C=O) groups excluding carboxylic acids is 1. The van der Waals surface area contributed by atoms with Gasteiger partial charge in [-0.25, -0.2) is 8.42 Å². The molecule has 21 heavy (non-hydrogen) atoms. The summed E-state index contributed by atoms with van der Waals surface area (Å²) >= 11 is 0. The molecule has 0 amide bonds. The highest BCUT2D eigenvalue weighted by Crippen LogP contribution is 2.37. The molecule has 4 nitrogen and oxygen atoms in total. The van der Waals surface area contributed by atoms with Crippen LogP contribution in [-0.2, 0) is 14.8 Å². The van der Waals surface area contributed by atoms with Crippen molar-refractivity contribution in [1.82, 2.24) is 4.31 Å². The average molecular weight is 305 g/mol. The monoisotopic (exact) mass is 305 g/mol. The van der Waals surface area contributed by atoms with Crippen molar-refractivity contribution < 1.29 is 13.2 Å². The van der Waals surface area contributed by atoms with E-state index in [0.717, 1.165) is 11.1 Å². The summed E-state index contributed by atoms with van der Waals surface area (Å²) in [5.74, 6) is 0.425. The molecule has 1 fully saturated rings. The number of ketones is 1. The van der Waals surface area contributed by atoms with E-state index in [-0.39, 0.29) is 17.6 Å². The highest BCUT2D eigenvalue weighted by atomic mass is 32.2. The third-order valence-electron chi connectivity index (χ3n) is 4.50.